The lowest BCUT2D eigenvalue weighted by Gasteiger charge is -2.14. The first kappa shape index (κ1) is 12.5. The molecule has 1 fully saturated rings. The van der Waals surface area contributed by atoms with E-state index in [1.165, 1.54) is 12.1 Å². The summed E-state index contributed by atoms with van der Waals surface area (Å²) in [5.74, 6) is 1.01. The van der Waals surface area contributed by atoms with Crippen molar-refractivity contribution in [3.63, 3.8) is 0 Å². The van der Waals surface area contributed by atoms with Gasteiger partial charge in [0.25, 0.3) is 5.69 Å². The molecule has 1 aromatic carbocycles. The van der Waals surface area contributed by atoms with Crippen LogP contribution in [0.3, 0.4) is 0 Å². The molecule has 1 aromatic rings. The molecule has 17 heavy (non-hydrogen) atoms. The third kappa shape index (κ3) is 3.04. The standard InChI is InChI=1S/C11H13ClN2O2S/c1-7-4-8(6-17-7)13-11-5-9(14(15)16)2-3-10(11)12/h2-3,5,7-8,13H,4,6H2,1H3. The summed E-state index contributed by atoms with van der Waals surface area (Å²) < 4.78 is 0. The van der Waals surface area contributed by atoms with Gasteiger partial charge in [-0.15, -0.1) is 0 Å². The topological polar surface area (TPSA) is 55.2 Å². The van der Waals surface area contributed by atoms with Crippen molar-refractivity contribution >= 4 is 34.7 Å². The van der Waals surface area contributed by atoms with Crippen LogP contribution < -0.4 is 5.32 Å². The van der Waals surface area contributed by atoms with Crippen molar-refractivity contribution in [3.8, 4) is 0 Å². The molecule has 0 amide bonds. The van der Waals surface area contributed by atoms with E-state index < -0.39 is 4.92 Å². The van der Waals surface area contributed by atoms with Crippen LogP contribution in [0.5, 0.6) is 0 Å². The Labute approximate surface area is 109 Å². The number of halogens is 1. The lowest BCUT2D eigenvalue weighted by atomic mass is 10.2. The van der Waals surface area contributed by atoms with Crippen LogP contribution >= 0.6 is 23.4 Å². The first-order chi connectivity index (χ1) is 8.06. The molecule has 0 aromatic heterocycles. The molecule has 1 aliphatic rings. The van der Waals surface area contributed by atoms with E-state index in [-0.39, 0.29) is 5.69 Å². The highest BCUT2D eigenvalue weighted by Gasteiger charge is 2.22. The number of benzene rings is 1. The smallest absolute Gasteiger partial charge is 0.271 e. The largest absolute Gasteiger partial charge is 0.380 e. The lowest BCUT2D eigenvalue weighted by Crippen LogP contribution is -2.19. The molecule has 2 atom stereocenters. The molecule has 0 aliphatic carbocycles. The summed E-state index contributed by atoms with van der Waals surface area (Å²) in [6.45, 7) is 2.18. The summed E-state index contributed by atoms with van der Waals surface area (Å²) in [7, 11) is 0. The highest BCUT2D eigenvalue weighted by atomic mass is 35.5. The zero-order valence-corrected chi connectivity index (χ0v) is 10.9. The maximum absolute atomic E-state index is 10.7. The van der Waals surface area contributed by atoms with Gasteiger partial charge in [-0.25, -0.2) is 0 Å². The highest BCUT2D eigenvalue weighted by Crippen LogP contribution is 2.32. The second-order valence-electron chi connectivity index (χ2n) is 4.14. The number of thioether (sulfide) groups is 1. The molecule has 2 unspecified atom stereocenters. The van der Waals surface area contributed by atoms with Crippen molar-refractivity contribution in [2.24, 2.45) is 0 Å². The molecule has 92 valence electrons. The molecule has 2 rings (SSSR count). The fourth-order valence-corrected chi connectivity index (χ4v) is 3.20. The van der Waals surface area contributed by atoms with E-state index in [1.807, 2.05) is 11.8 Å². The van der Waals surface area contributed by atoms with Crippen molar-refractivity contribution in [1.29, 1.82) is 0 Å². The minimum Gasteiger partial charge on any atom is -0.380 e. The molecule has 4 nitrogen and oxygen atoms in total. The van der Waals surface area contributed by atoms with Gasteiger partial charge in [-0.3, -0.25) is 10.1 Å². The Kier molecular flexibility index (Phi) is 3.79. The number of nitro groups is 1. The van der Waals surface area contributed by atoms with E-state index in [1.54, 1.807) is 6.07 Å². The molecular formula is C11H13ClN2O2S. The summed E-state index contributed by atoms with van der Waals surface area (Å²) in [5, 5.41) is 15.1. The molecule has 6 heteroatoms. The van der Waals surface area contributed by atoms with E-state index in [0.717, 1.165) is 12.2 Å². The number of rotatable bonds is 3. The molecule has 1 heterocycles. The Morgan fingerprint density at radius 2 is 2.35 bits per heavy atom. The molecule has 1 aliphatic heterocycles. The fraction of sp³-hybridized carbons (Fsp3) is 0.455. The highest BCUT2D eigenvalue weighted by molar-refractivity contribution is 8.00. The summed E-state index contributed by atoms with van der Waals surface area (Å²) in [5.41, 5.74) is 0.719. The second-order valence-corrected chi connectivity index (χ2v) is 6.02. The number of hydrogen-bond donors (Lipinski definition) is 1. The minimum atomic E-state index is -0.409. The number of nitrogens with one attached hydrogen (secondary N) is 1. The first-order valence-electron chi connectivity index (χ1n) is 5.38. The van der Waals surface area contributed by atoms with Gasteiger partial charge in [0.15, 0.2) is 0 Å². The van der Waals surface area contributed by atoms with Crippen molar-refractivity contribution in [2.75, 3.05) is 11.1 Å². The average molecular weight is 273 g/mol. The van der Waals surface area contributed by atoms with Crippen LogP contribution in [0.2, 0.25) is 5.02 Å². The number of non-ortho nitro benzene ring substituents is 1. The summed E-state index contributed by atoms with van der Waals surface area (Å²) in [6, 6.07) is 4.82. The minimum absolute atomic E-state index is 0.0654. The predicted molar refractivity (Wildman–Crippen MR) is 72.1 cm³/mol. The maximum atomic E-state index is 10.7. The Morgan fingerprint density at radius 3 is 2.94 bits per heavy atom. The van der Waals surface area contributed by atoms with Crippen LogP contribution in [0.1, 0.15) is 13.3 Å². The van der Waals surface area contributed by atoms with Crippen molar-refractivity contribution in [2.45, 2.75) is 24.6 Å². The second kappa shape index (κ2) is 5.14. The van der Waals surface area contributed by atoms with Gasteiger partial charge in [0, 0.05) is 29.2 Å². The van der Waals surface area contributed by atoms with E-state index in [0.29, 0.717) is 22.0 Å². The molecule has 0 radical (unpaired) electrons. The quantitative estimate of drug-likeness (QED) is 0.675. The number of nitro benzene ring substituents is 1. The van der Waals surface area contributed by atoms with Crippen LogP contribution in [0, 0.1) is 10.1 Å². The summed E-state index contributed by atoms with van der Waals surface area (Å²) in [4.78, 5) is 10.3. The van der Waals surface area contributed by atoms with Gasteiger partial charge in [-0.2, -0.15) is 11.8 Å². The molecule has 1 saturated heterocycles. The van der Waals surface area contributed by atoms with E-state index in [2.05, 4.69) is 12.2 Å². The van der Waals surface area contributed by atoms with Crippen LogP contribution in [-0.4, -0.2) is 22.0 Å². The van der Waals surface area contributed by atoms with Gasteiger partial charge < -0.3 is 5.32 Å². The lowest BCUT2D eigenvalue weighted by molar-refractivity contribution is -0.384. The number of nitrogens with zero attached hydrogens (tertiary/aromatic N) is 1. The van der Waals surface area contributed by atoms with Crippen LogP contribution in [0.4, 0.5) is 11.4 Å². The Balaban J connectivity index is 2.14. The van der Waals surface area contributed by atoms with E-state index >= 15 is 0 Å². The van der Waals surface area contributed by atoms with Gasteiger partial charge in [-0.05, 0) is 12.5 Å². The molecule has 1 N–H and O–H groups in total. The van der Waals surface area contributed by atoms with Gasteiger partial charge in [-0.1, -0.05) is 18.5 Å². The normalized spacial score (nSPS) is 23.6. The van der Waals surface area contributed by atoms with Crippen molar-refractivity contribution in [3.05, 3.63) is 33.3 Å². The zero-order chi connectivity index (χ0) is 12.4. The monoisotopic (exact) mass is 272 g/mol. The Morgan fingerprint density at radius 1 is 1.59 bits per heavy atom. The Hall–Kier alpha value is -0.940. The predicted octanol–water partition coefficient (Wildman–Crippen LogP) is 3.55. The third-order valence-electron chi connectivity index (χ3n) is 2.72. The maximum Gasteiger partial charge on any atom is 0.271 e. The van der Waals surface area contributed by atoms with Gasteiger partial charge >= 0.3 is 0 Å². The third-order valence-corrected chi connectivity index (χ3v) is 4.40. The average Bonchev–Trinajstić information content (AvgIpc) is 2.67. The van der Waals surface area contributed by atoms with Gasteiger partial charge in [0.1, 0.15) is 0 Å². The van der Waals surface area contributed by atoms with Crippen LogP contribution in [0.15, 0.2) is 18.2 Å². The molecule has 0 bridgehead atoms. The van der Waals surface area contributed by atoms with Crippen molar-refractivity contribution in [1.82, 2.24) is 0 Å². The zero-order valence-electron chi connectivity index (χ0n) is 9.35. The Bertz CT molecular complexity index is 441. The molecule has 0 saturated carbocycles. The number of hydrogen-bond acceptors (Lipinski definition) is 4. The van der Waals surface area contributed by atoms with Gasteiger partial charge in [0.05, 0.1) is 15.6 Å². The fourth-order valence-electron chi connectivity index (χ4n) is 1.88. The van der Waals surface area contributed by atoms with E-state index in [9.17, 15) is 10.1 Å². The molecular weight excluding hydrogens is 260 g/mol. The summed E-state index contributed by atoms with van der Waals surface area (Å²) >= 11 is 7.93. The van der Waals surface area contributed by atoms with E-state index in [4.69, 9.17) is 11.6 Å². The van der Waals surface area contributed by atoms with Crippen molar-refractivity contribution < 1.29 is 4.92 Å². The summed E-state index contributed by atoms with van der Waals surface area (Å²) in [6.07, 6.45) is 1.06. The van der Waals surface area contributed by atoms with Crippen LogP contribution in [-0.2, 0) is 0 Å². The van der Waals surface area contributed by atoms with Crippen LogP contribution in [0.25, 0.3) is 0 Å². The SMILES string of the molecule is CC1CC(Nc2cc([N+](=O)[O-])ccc2Cl)CS1. The van der Waals surface area contributed by atoms with Gasteiger partial charge in [0.2, 0.25) is 0 Å². The number of anilines is 1. The first-order valence-corrected chi connectivity index (χ1v) is 6.81. The molecule has 0 spiro atoms.